The number of nitrogens with one attached hydrogen (secondary N) is 2. The van der Waals surface area contributed by atoms with Gasteiger partial charge in [-0.2, -0.15) is 0 Å². The van der Waals surface area contributed by atoms with Crippen LogP contribution in [0.15, 0.2) is 23.1 Å². The van der Waals surface area contributed by atoms with Crippen LogP contribution in [-0.4, -0.2) is 26.4 Å². The minimum Gasteiger partial charge on any atom is -0.388 e. The molecule has 0 saturated carbocycles. The molecule has 1 rings (SSSR count). The summed E-state index contributed by atoms with van der Waals surface area (Å²) in [5, 5.41) is 13.9. The Hall–Kier alpha value is -1.67. The molecule has 0 heterocycles. The zero-order chi connectivity index (χ0) is 16.0. The van der Waals surface area contributed by atoms with Gasteiger partial charge in [-0.25, -0.2) is 13.1 Å². The molecule has 1 atom stereocenters. The molecule has 0 radical (unpaired) electrons. The topological polar surface area (TPSA) is 101 Å². The lowest BCUT2D eigenvalue weighted by Crippen LogP contribution is -2.34. The Bertz CT molecular complexity index is 601. The number of hydrogen-bond acceptors (Lipinski definition) is 5. The number of anilines is 1. The van der Waals surface area contributed by atoms with Crippen LogP contribution in [0.1, 0.15) is 33.1 Å². The second-order valence-corrected chi connectivity index (χ2v) is 6.39. The summed E-state index contributed by atoms with van der Waals surface area (Å²) in [5.41, 5.74) is 0.0574. The van der Waals surface area contributed by atoms with Crippen LogP contribution in [0.4, 0.5) is 11.4 Å². The van der Waals surface area contributed by atoms with Crippen molar-refractivity contribution in [2.45, 2.75) is 44.0 Å². The molecule has 0 bridgehead atoms. The molecule has 0 fully saturated rings. The summed E-state index contributed by atoms with van der Waals surface area (Å²) >= 11 is 0. The van der Waals surface area contributed by atoms with E-state index in [9.17, 15) is 18.5 Å². The predicted molar refractivity (Wildman–Crippen MR) is 82.0 cm³/mol. The van der Waals surface area contributed by atoms with Gasteiger partial charge in [0.15, 0.2) is 4.90 Å². The molecule has 1 aromatic rings. The Kier molecular flexibility index (Phi) is 6.10. The maximum atomic E-state index is 12.4. The zero-order valence-corrected chi connectivity index (χ0v) is 13.2. The molecule has 0 aliphatic heterocycles. The number of sulfonamides is 1. The third kappa shape index (κ3) is 4.40. The lowest BCUT2D eigenvalue weighted by Gasteiger charge is -2.16. The average molecular weight is 315 g/mol. The van der Waals surface area contributed by atoms with Gasteiger partial charge in [-0.05, 0) is 25.0 Å². The molecule has 0 aromatic heterocycles. The first-order valence-electron chi connectivity index (χ1n) is 6.84. The maximum absolute atomic E-state index is 12.4. The quantitative estimate of drug-likeness (QED) is 0.567. The maximum Gasteiger partial charge on any atom is 0.291 e. The van der Waals surface area contributed by atoms with Crippen molar-refractivity contribution in [1.82, 2.24) is 4.72 Å². The summed E-state index contributed by atoms with van der Waals surface area (Å²) in [6.45, 7) is 3.84. The fraction of sp³-hybridized carbons (Fsp3) is 0.538. The normalized spacial score (nSPS) is 12.9. The van der Waals surface area contributed by atoms with Crippen molar-refractivity contribution >= 4 is 21.4 Å². The standard InChI is InChI=1S/C13H21N3O4S/c1-4-6-10(5-2)15-21(19,20)13-8-7-11(14-3)9-12(13)16(17)18/h7-10,14-15H,4-6H2,1-3H3. The van der Waals surface area contributed by atoms with Gasteiger partial charge in [0.25, 0.3) is 5.69 Å². The highest BCUT2D eigenvalue weighted by Gasteiger charge is 2.27. The van der Waals surface area contributed by atoms with Crippen LogP contribution in [0.2, 0.25) is 0 Å². The van der Waals surface area contributed by atoms with Crippen LogP contribution in [0, 0.1) is 10.1 Å². The molecule has 118 valence electrons. The minimum absolute atomic E-state index is 0.219. The monoisotopic (exact) mass is 315 g/mol. The largest absolute Gasteiger partial charge is 0.388 e. The van der Waals surface area contributed by atoms with Crippen LogP contribution < -0.4 is 10.0 Å². The third-order valence-electron chi connectivity index (χ3n) is 3.19. The van der Waals surface area contributed by atoms with Crippen molar-refractivity contribution in [2.75, 3.05) is 12.4 Å². The molecule has 8 heteroatoms. The van der Waals surface area contributed by atoms with Crippen molar-refractivity contribution in [3.05, 3.63) is 28.3 Å². The Morgan fingerprint density at radius 2 is 2.00 bits per heavy atom. The summed E-state index contributed by atoms with van der Waals surface area (Å²) < 4.78 is 27.3. The molecular formula is C13H21N3O4S. The summed E-state index contributed by atoms with van der Waals surface area (Å²) in [6.07, 6.45) is 2.16. The molecule has 0 saturated heterocycles. The molecule has 0 spiro atoms. The summed E-state index contributed by atoms with van der Waals surface area (Å²) in [7, 11) is -2.30. The van der Waals surface area contributed by atoms with Crippen molar-refractivity contribution in [3.8, 4) is 0 Å². The van der Waals surface area contributed by atoms with Crippen LogP contribution in [-0.2, 0) is 10.0 Å². The van der Waals surface area contributed by atoms with Gasteiger partial charge >= 0.3 is 0 Å². The zero-order valence-electron chi connectivity index (χ0n) is 12.4. The molecule has 0 aliphatic rings. The minimum atomic E-state index is -3.91. The van der Waals surface area contributed by atoms with E-state index in [1.807, 2.05) is 13.8 Å². The molecular weight excluding hydrogens is 294 g/mol. The van der Waals surface area contributed by atoms with Crippen molar-refractivity contribution in [3.63, 3.8) is 0 Å². The van der Waals surface area contributed by atoms with E-state index < -0.39 is 20.6 Å². The van der Waals surface area contributed by atoms with Crippen LogP contribution >= 0.6 is 0 Å². The number of nitro groups is 1. The highest BCUT2D eigenvalue weighted by atomic mass is 32.2. The average Bonchev–Trinajstić information content (AvgIpc) is 2.45. The molecule has 2 N–H and O–H groups in total. The van der Waals surface area contributed by atoms with E-state index in [1.165, 1.54) is 18.2 Å². The Morgan fingerprint density at radius 3 is 2.48 bits per heavy atom. The smallest absolute Gasteiger partial charge is 0.291 e. The van der Waals surface area contributed by atoms with Gasteiger partial charge in [0.2, 0.25) is 10.0 Å². The van der Waals surface area contributed by atoms with E-state index in [4.69, 9.17) is 0 Å². The first-order valence-corrected chi connectivity index (χ1v) is 8.32. The Morgan fingerprint density at radius 1 is 1.33 bits per heavy atom. The summed E-state index contributed by atoms with van der Waals surface area (Å²) in [6, 6.07) is 3.76. The molecule has 7 nitrogen and oxygen atoms in total. The highest BCUT2D eigenvalue weighted by molar-refractivity contribution is 7.89. The number of rotatable bonds is 8. The second kappa shape index (κ2) is 7.37. The van der Waals surface area contributed by atoms with E-state index in [0.29, 0.717) is 18.5 Å². The molecule has 1 aromatic carbocycles. The van der Waals surface area contributed by atoms with E-state index >= 15 is 0 Å². The fourth-order valence-electron chi connectivity index (χ4n) is 2.02. The van der Waals surface area contributed by atoms with Gasteiger partial charge in [0, 0.05) is 24.8 Å². The SMILES string of the molecule is CCCC(CC)NS(=O)(=O)c1ccc(NC)cc1[N+](=O)[O-]. The summed E-state index contributed by atoms with van der Waals surface area (Å²) in [5.74, 6) is 0. The molecule has 21 heavy (non-hydrogen) atoms. The first-order chi connectivity index (χ1) is 9.85. The summed E-state index contributed by atoms with van der Waals surface area (Å²) in [4.78, 5) is 10.1. The van der Waals surface area contributed by atoms with Crippen molar-refractivity contribution in [2.24, 2.45) is 0 Å². The molecule has 0 amide bonds. The number of nitro benzene ring substituents is 1. The second-order valence-electron chi connectivity index (χ2n) is 4.70. The van der Waals surface area contributed by atoms with Crippen LogP contribution in [0.3, 0.4) is 0 Å². The lowest BCUT2D eigenvalue weighted by molar-refractivity contribution is -0.387. The van der Waals surface area contributed by atoms with E-state index in [0.717, 1.165) is 6.42 Å². The molecule has 0 aliphatic carbocycles. The predicted octanol–water partition coefficient (Wildman–Crippen LogP) is 2.49. The molecule has 1 unspecified atom stereocenters. The van der Waals surface area contributed by atoms with E-state index in [-0.39, 0.29) is 10.9 Å². The Labute approximate surface area is 124 Å². The number of hydrogen-bond donors (Lipinski definition) is 2. The number of benzene rings is 1. The van der Waals surface area contributed by atoms with Gasteiger partial charge in [-0.3, -0.25) is 10.1 Å². The van der Waals surface area contributed by atoms with Gasteiger partial charge in [0.1, 0.15) is 0 Å². The van der Waals surface area contributed by atoms with Gasteiger partial charge in [0.05, 0.1) is 4.92 Å². The fourth-order valence-corrected chi connectivity index (χ4v) is 3.53. The van der Waals surface area contributed by atoms with E-state index in [2.05, 4.69) is 10.0 Å². The van der Waals surface area contributed by atoms with Gasteiger partial charge in [-0.1, -0.05) is 20.3 Å². The van der Waals surface area contributed by atoms with E-state index in [1.54, 1.807) is 7.05 Å². The van der Waals surface area contributed by atoms with Crippen molar-refractivity contribution in [1.29, 1.82) is 0 Å². The highest BCUT2D eigenvalue weighted by Crippen LogP contribution is 2.27. The van der Waals surface area contributed by atoms with Crippen LogP contribution in [0.25, 0.3) is 0 Å². The van der Waals surface area contributed by atoms with Gasteiger partial charge in [-0.15, -0.1) is 0 Å². The van der Waals surface area contributed by atoms with Crippen molar-refractivity contribution < 1.29 is 13.3 Å². The Balaban J connectivity index is 3.21. The van der Waals surface area contributed by atoms with Gasteiger partial charge < -0.3 is 5.32 Å². The van der Waals surface area contributed by atoms with Crippen LogP contribution in [0.5, 0.6) is 0 Å². The first kappa shape index (κ1) is 17.4. The lowest BCUT2D eigenvalue weighted by atomic mass is 10.1. The third-order valence-corrected chi connectivity index (χ3v) is 4.75. The number of nitrogens with zero attached hydrogens (tertiary/aromatic N) is 1.